The SMILES string of the molecule is COc1cccc2[nH]c(CC3CN(C)CCC3CC(=O)O)nc12. The van der Waals surface area contributed by atoms with Crippen molar-refractivity contribution < 1.29 is 14.6 Å². The first kappa shape index (κ1) is 15.8. The van der Waals surface area contributed by atoms with Crippen molar-refractivity contribution >= 4 is 17.0 Å². The van der Waals surface area contributed by atoms with Crippen molar-refractivity contribution in [1.29, 1.82) is 0 Å². The van der Waals surface area contributed by atoms with Crippen LogP contribution < -0.4 is 4.74 Å². The Bertz CT molecular complexity index is 697. The topological polar surface area (TPSA) is 78.5 Å². The fourth-order valence-corrected chi connectivity index (χ4v) is 3.55. The number of nitrogens with zero attached hydrogens (tertiary/aromatic N) is 2. The number of rotatable bonds is 5. The highest BCUT2D eigenvalue weighted by Gasteiger charge is 2.30. The fraction of sp³-hybridized carbons (Fsp3) is 0.529. The molecule has 0 saturated carbocycles. The number of imidazole rings is 1. The van der Waals surface area contributed by atoms with E-state index in [4.69, 9.17) is 9.84 Å². The molecule has 6 heteroatoms. The molecule has 23 heavy (non-hydrogen) atoms. The number of fused-ring (bicyclic) bond motifs is 1. The average Bonchev–Trinajstić information content (AvgIpc) is 2.92. The molecular weight excluding hydrogens is 294 g/mol. The number of carboxylic acids is 1. The Hall–Kier alpha value is -2.08. The number of ether oxygens (including phenoxy) is 1. The van der Waals surface area contributed by atoms with Gasteiger partial charge >= 0.3 is 5.97 Å². The minimum Gasteiger partial charge on any atom is -0.494 e. The number of methoxy groups -OCH3 is 1. The highest BCUT2D eigenvalue weighted by Crippen LogP contribution is 2.30. The van der Waals surface area contributed by atoms with Gasteiger partial charge in [-0.15, -0.1) is 0 Å². The molecule has 0 bridgehead atoms. The lowest BCUT2D eigenvalue weighted by atomic mass is 9.81. The van der Waals surface area contributed by atoms with E-state index in [9.17, 15) is 4.79 Å². The van der Waals surface area contributed by atoms with Crippen LogP contribution in [0.4, 0.5) is 0 Å². The number of likely N-dealkylation sites (tertiary alicyclic amines) is 1. The molecule has 1 saturated heterocycles. The van der Waals surface area contributed by atoms with E-state index in [0.717, 1.165) is 48.5 Å². The van der Waals surface area contributed by atoms with Crippen molar-refractivity contribution in [3.05, 3.63) is 24.0 Å². The predicted molar refractivity (Wildman–Crippen MR) is 87.7 cm³/mol. The predicted octanol–water partition coefficient (Wildman–Crippen LogP) is 2.16. The zero-order valence-corrected chi connectivity index (χ0v) is 13.6. The number of H-pyrrole nitrogens is 1. The maximum atomic E-state index is 11.1. The lowest BCUT2D eigenvalue weighted by Gasteiger charge is -2.35. The number of aromatic nitrogens is 2. The molecule has 2 atom stereocenters. The van der Waals surface area contributed by atoms with E-state index < -0.39 is 5.97 Å². The van der Waals surface area contributed by atoms with Crippen LogP contribution in [0.1, 0.15) is 18.7 Å². The largest absolute Gasteiger partial charge is 0.494 e. The molecule has 2 aromatic rings. The van der Waals surface area contributed by atoms with E-state index in [1.165, 1.54) is 0 Å². The van der Waals surface area contributed by atoms with Gasteiger partial charge < -0.3 is 19.7 Å². The molecule has 1 fully saturated rings. The lowest BCUT2D eigenvalue weighted by Crippen LogP contribution is -2.40. The van der Waals surface area contributed by atoms with Crippen molar-refractivity contribution in [3.63, 3.8) is 0 Å². The summed E-state index contributed by atoms with van der Waals surface area (Å²) in [7, 11) is 3.73. The summed E-state index contributed by atoms with van der Waals surface area (Å²) >= 11 is 0. The van der Waals surface area contributed by atoms with Crippen LogP contribution in [0.25, 0.3) is 11.0 Å². The maximum Gasteiger partial charge on any atom is 0.303 e. The summed E-state index contributed by atoms with van der Waals surface area (Å²) in [4.78, 5) is 21.4. The van der Waals surface area contributed by atoms with Gasteiger partial charge in [0.2, 0.25) is 0 Å². The molecule has 0 radical (unpaired) electrons. The zero-order valence-electron chi connectivity index (χ0n) is 13.6. The Kier molecular flexibility index (Phi) is 4.52. The molecule has 124 valence electrons. The molecule has 2 heterocycles. The number of aliphatic carboxylic acids is 1. The van der Waals surface area contributed by atoms with Crippen LogP contribution in [0.2, 0.25) is 0 Å². The number of hydrogen-bond donors (Lipinski definition) is 2. The van der Waals surface area contributed by atoms with Gasteiger partial charge in [0.15, 0.2) is 0 Å². The third-order valence-electron chi connectivity index (χ3n) is 4.73. The summed E-state index contributed by atoms with van der Waals surface area (Å²) in [6.07, 6.45) is 1.93. The van der Waals surface area contributed by atoms with Gasteiger partial charge in [0.1, 0.15) is 17.1 Å². The first-order valence-corrected chi connectivity index (χ1v) is 7.98. The molecule has 1 aliphatic rings. The Morgan fingerprint density at radius 1 is 1.48 bits per heavy atom. The van der Waals surface area contributed by atoms with Gasteiger partial charge in [0.05, 0.1) is 12.6 Å². The van der Waals surface area contributed by atoms with Gasteiger partial charge in [0.25, 0.3) is 0 Å². The summed E-state index contributed by atoms with van der Waals surface area (Å²) in [5.74, 6) is 1.46. The van der Waals surface area contributed by atoms with E-state index in [-0.39, 0.29) is 12.3 Å². The number of piperidine rings is 1. The highest BCUT2D eigenvalue weighted by atomic mass is 16.5. The van der Waals surface area contributed by atoms with Crippen molar-refractivity contribution in [2.75, 3.05) is 27.2 Å². The van der Waals surface area contributed by atoms with Crippen molar-refractivity contribution in [2.24, 2.45) is 11.8 Å². The lowest BCUT2D eigenvalue weighted by molar-refractivity contribution is -0.139. The second-order valence-electron chi connectivity index (χ2n) is 6.41. The van der Waals surface area contributed by atoms with E-state index in [0.29, 0.717) is 5.92 Å². The average molecular weight is 317 g/mol. The summed E-state index contributed by atoms with van der Waals surface area (Å²) in [5.41, 5.74) is 1.79. The van der Waals surface area contributed by atoms with E-state index >= 15 is 0 Å². The summed E-state index contributed by atoms with van der Waals surface area (Å²) in [5, 5.41) is 9.14. The molecule has 0 aliphatic carbocycles. The number of carboxylic acid groups (broad SMARTS) is 1. The smallest absolute Gasteiger partial charge is 0.303 e. The molecular formula is C17H23N3O3. The van der Waals surface area contributed by atoms with Gasteiger partial charge in [-0.3, -0.25) is 4.79 Å². The summed E-state index contributed by atoms with van der Waals surface area (Å²) < 4.78 is 5.35. The Morgan fingerprint density at radius 2 is 2.30 bits per heavy atom. The molecule has 6 nitrogen and oxygen atoms in total. The number of hydrogen-bond acceptors (Lipinski definition) is 4. The van der Waals surface area contributed by atoms with Crippen LogP contribution in [-0.4, -0.2) is 53.2 Å². The Balaban J connectivity index is 1.82. The van der Waals surface area contributed by atoms with Crippen molar-refractivity contribution in [3.8, 4) is 5.75 Å². The van der Waals surface area contributed by atoms with Crippen LogP contribution in [0.15, 0.2) is 18.2 Å². The second-order valence-corrected chi connectivity index (χ2v) is 6.41. The van der Waals surface area contributed by atoms with Crippen LogP contribution in [-0.2, 0) is 11.2 Å². The number of nitrogens with one attached hydrogen (secondary N) is 1. The van der Waals surface area contributed by atoms with Crippen LogP contribution in [0.5, 0.6) is 5.75 Å². The summed E-state index contributed by atoms with van der Waals surface area (Å²) in [6.45, 7) is 1.87. The monoisotopic (exact) mass is 317 g/mol. The Labute approximate surface area is 135 Å². The van der Waals surface area contributed by atoms with Crippen LogP contribution in [0.3, 0.4) is 0 Å². The Morgan fingerprint density at radius 3 is 3.04 bits per heavy atom. The molecule has 2 N–H and O–H groups in total. The number of para-hydroxylation sites is 1. The van der Waals surface area contributed by atoms with E-state index in [1.807, 2.05) is 18.2 Å². The normalized spacial score (nSPS) is 22.3. The van der Waals surface area contributed by atoms with E-state index in [2.05, 4.69) is 21.9 Å². The van der Waals surface area contributed by atoms with Crippen molar-refractivity contribution in [1.82, 2.24) is 14.9 Å². The molecule has 3 rings (SSSR count). The van der Waals surface area contributed by atoms with E-state index in [1.54, 1.807) is 7.11 Å². The second kappa shape index (κ2) is 6.58. The van der Waals surface area contributed by atoms with Crippen LogP contribution >= 0.6 is 0 Å². The van der Waals surface area contributed by atoms with Gasteiger partial charge in [-0.2, -0.15) is 0 Å². The van der Waals surface area contributed by atoms with Gasteiger partial charge in [-0.1, -0.05) is 6.07 Å². The number of carbonyl (C=O) groups is 1. The van der Waals surface area contributed by atoms with Crippen LogP contribution in [0, 0.1) is 11.8 Å². The molecule has 1 aromatic heterocycles. The zero-order chi connectivity index (χ0) is 16.4. The standard InChI is InChI=1S/C17H23N3O3/c1-20-7-6-11(9-16(21)22)12(10-20)8-15-18-13-4-3-5-14(23-2)17(13)19-15/h3-5,11-12H,6-10H2,1-2H3,(H,18,19)(H,21,22). The molecule has 1 aliphatic heterocycles. The first-order chi connectivity index (χ1) is 11.1. The third kappa shape index (κ3) is 3.47. The minimum absolute atomic E-state index is 0.207. The quantitative estimate of drug-likeness (QED) is 0.883. The number of aromatic amines is 1. The summed E-state index contributed by atoms with van der Waals surface area (Å²) in [6, 6.07) is 5.81. The van der Waals surface area contributed by atoms with Gasteiger partial charge in [-0.25, -0.2) is 4.98 Å². The fourth-order valence-electron chi connectivity index (χ4n) is 3.55. The third-order valence-corrected chi connectivity index (χ3v) is 4.73. The molecule has 1 aromatic carbocycles. The molecule has 0 amide bonds. The minimum atomic E-state index is -0.712. The maximum absolute atomic E-state index is 11.1. The van der Waals surface area contributed by atoms with Gasteiger partial charge in [-0.05, 0) is 44.0 Å². The molecule has 2 unspecified atom stereocenters. The van der Waals surface area contributed by atoms with Crippen molar-refractivity contribution in [2.45, 2.75) is 19.3 Å². The highest BCUT2D eigenvalue weighted by molar-refractivity contribution is 5.81. The number of benzene rings is 1. The van der Waals surface area contributed by atoms with Gasteiger partial charge in [0, 0.05) is 19.4 Å². The molecule has 0 spiro atoms. The first-order valence-electron chi connectivity index (χ1n) is 7.98.